The summed E-state index contributed by atoms with van der Waals surface area (Å²) in [6.45, 7) is 10.9. The Balaban J connectivity index is 1.39. The fourth-order valence-corrected chi connectivity index (χ4v) is 12.5. The Bertz CT molecular complexity index is 2300. The number of nitrogens with zero attached hydrogens (tertiary/aromatic N) is 2. The minimum atomic E-state index is -2.77. The van der Waals surface area contributed by atoms with Gasteiger partial charge in [-0.3, -0.25) is 0 Å². The summed E-state index contributed by atoms with van der Waals surface area (Å²) in [5.41, 5.74) is 9.64. The summed E-state index contributed by atoms with van der Waals surface area (Å²) in [4.78, 5) is 10.7. The zero-order chi connectivity index (χ0) is 37.3. The van der Waals surface area contributed by atoms with E-state index < -0.39 is 8.07 Å². The molecule has 54 heavy (non-hydrogen) atoms. The maximum atomic E-state index is 5.36. The van der Waals surface area contributed by atoms with E-state index in [9.17, 15) is 0 Å². The number of aliphatic imine (C=N–C) groups is 2. The third kappa shape index (κ3) is 7.78. The van der Waals surface area contributed by atoms with Crippen molar-refractivity contribution in [3.63, 3.8) is 0 Å². The van der Waals surface area contributed by atoms with Gasteiger partial charge < -0.3 is 0 Å². The van der Waals surface area contributed by atoms with Crippen LogP contribution in [0.5, 0.6) is 0 Å². The molecule has 0 radical (unpaired) electrons. The molecule has 7 aromatic rings. The normalized spacial score (nSPS) is 12.1. The predicted molar refractivity (Wildman–Crippen MR) is 234 cm³/mol. The lowest BCUT2D eigenvalue weighted by atomic mass is 10.0. The standard InChI is InChI=1S/C51H46N2Si/c1-38-20-17-21-39(2)50(38)41(4)53-51(52-40(3)44-25-18-24-43(36-44)35-34-42-22-9-5-10-23-42)45-26-19-33-49(37-45)54(46-27-11-6-12-28-46,47-29-13-7-14-30-47)48-31-15-8-16-32-48/h5-33,36-37H,4,34-35H2,1-3H3/b52-40+,53-51-. The van der Waals surface area contributed by atoms with Crippen LogP contribution in [0.2, 0.25) is 0 Å². The van der Waals surface area contributed by atoms with Crippen LogP contribution in [0.1, 0.15) is 45.9 Å². The van der Waals surface area contributed by atoms with Crippen molar-refractivity contribution in [1.29, 1.82) is 0 Å². The maximum Gasteiger partial charge on any atom is 0.179 e. The minimum absolute atomic E-state index is 0.647. The first-order valence-corrected chi connectivity index (χ1v) is 20.7. The molecule has 0 atom stereocenters. The average molecular weight is 715 g/mol. The molecule has 0 spiro atoms. The van der Waals surface area contributed by atoms with E-state index in [0.717, 1.165) is 46.4 Å². The zero-order valence-electron chi connectivity index (χ0n) is 31.4. The summed E-state index contributed by atoms with van der Waals surface area (Å²) in [6, 6.07) is 67.8. The molecule has 0 saturated heterocycles. The SMILES string of the molecule is C=C(/N=C(\N=C(/C)c1cccc(CCc2ccccc2)c1)c1cccc([Si](c2ccccc2)(c2ccccc2)c2ccccc2)c1)c1c(C)cccc1C. The van der Waals surface area contributed by atoms with Crippen LogP contribution in [0.4, 0.5) is 0 Å². The van der Waals surface area contributed by atoms with E-state index in [1.165, 1.54) is 31.9 Å². The zero-order valence-corrected chi connectivity index (χ0v) is 32.4. The quantitative estimate of drug-likeness (QED) is 0.0553. The van der Waals surface area contributed by atoms with Crippen molar-refractivity contribution in [2.75, 3.05) is 0 Å². The summed E-state index contributed by atoms with van der Waals surface area (Å²) < 4.78 is 0. The van der Waals surface area contributed by atoms with Crippen LogP contribution in [-0.4, -0.2) is 19.6 Å². The average Bonchev–Trinajstić information content (AvgIpc) is 3.22. The van der Waals surface area contributed by atoms with Crippen LogP contribution in [-0.2, 0) is 12.8 Å². The van der Waals surface area contributed by atoms with Gasteiger partial charge in [0.25, 0.3) is 0 Å². The topological polar surface area (TPSA) is 24.7 Å². The van der Waals surface area contributed by atoms with E-state index >= 15 is 0 Å². The van der Waals surface area contributed by atoms with Gasteiger partial charge in [0.1, 0.15) is 0 Å². The van der Waals surface area contributed by atoms with Gasteiger partial charge in [0.05, 0.1) is 5.70 Å². The Morgan fingerprint density at radius 1 is 0.463 bits per heavy atom. The largest absolute Gasteiger partial charge is 0.233 e. The molecule has 0 unspecified atom stereocenters. The summed E-state index contributed by atoms with van der Waals surface area (Å²) in [6.07, 6.45) is 1.95. The van der Waals surface area contributed by atoms with Crippen LogP contribution in [0.3, 0.4) is 0 Å². The van der Waals surface area contributed by atoms with Gasteiger partial charge in [-0.2, -0.15) is 0 Å². The third-order valence-electron chi connectivity index (χ3n) is 10.3. The first-order chi connectivity index (χ1) is 26.4. The Morgan fingerprint density at radius 3 is 1.48 bits per heavy atom. The molecule has 0 aliphatic heterocycles. The second-order valence-electron chi connectivity index (χ2n) is 14.0. The molecule has 0 heterocycles. The van der Waals surface area contributed by atoms with Crippen molar-refractivity contribution in [3.05, 3.63) is 234 Å². The fraction of sp³-hybridized carbons (Fsp3) is 0.0980. The summed E-state index contributed by atoms with van der Waals surface area (Å²) in [5.74, 6) is 0.647. The second kappa shape index (κ2) is 16.7. The molecule has 2 nitrogen and oxygen atoms in total. The molecule has 0 aliphatic carbocycles. The van der Waals surface area contributed by atoms with E-state index in [4.69, 9.17) is 9.98 Å². The molecule has 0 aliphatic rings. The van der Waals surface area contributed by atoms with E-state index in [1.54, 1.807) is 0 Å². The molecule has 3 heteroatoms. The molecule has 0 N–H and O–H groups in total. The molecule has 0 amide bonds. The number of benzene rings is 7. The number of hydrogen-bond donors (Lipinski definition) is 0. The third-order valence-corrected chi connectivity index (χ3v) is 15.1. The van der Waals surface area contributed by atoms with Crippen LogP contribution in [0.25, 0.3) is 5.70 Å². The predicted octanol–water partition coefficient (Wildman–Crippen LogP) is 9.39. The Hall–Kier alpha value is -6.16. The first-order valence-electron chi connectivity index (χ1n) is 18.7. The second-order valence-corrected chi connectivity index (χ2v) is 17.8. The van der Waals surface area contributed by atoms with Crippen molar-refractivity contribution in [2.45, 2.75) is 33.6 Å². The lowest BCUT2D eigenvalue weighted by molar-refractivity contribution is 0.960. The van der Waals surface area contributed by atoms with E-state index in [-0.39, 0.29) is 0 Å². The highest BCUT2D eigenvalue weighted by Gasteiger charge is 2.41. The van der Waals surface area contributed by atoms with E-state index in [2.05, 4.69) is 215 Å². The minimum Gasteiger partial charge on any atom is -0.233 e. The molecular formula is C51H46N2Si. The lowest BCUT2D eigenvalue weighted by Crippen LogP contribution is -2.74. The maximum absolute atomic E-state index is 5.36. The van der Waals surface area contributed by atoms with Crippen molar-refractivity contribution < 1.29 is 0 Å². The van der Waals surface area contributed by atoms with Gasteiger partial charge in [0, 0.05) is 16.8 Å². The molecule has 7 aromatic carbocycles. The highest BCUT2D eigenvalue weighted by molar-refractivity contribution is 7.19. The Morgan fingerprint density at radius 2 is 0.907 bits per heavy atom. The van der Waals surface area contributed by atoms with Crippen molar-refractivity contribution >= 4 is 46.1 Å². The molecule has 0 bridgehead atoms. The van der Waals surface area contributed by atoms with Crippen molar-refractivity contribution in [3.8, 4) is 0 Å². The number of aryl methyl sites for hydroxylation is 4. The number of amidine groups is 1. The van der Waals surface area contributed by atoms with Gasteiger partial charge in [-0.15, -0.1) is 0 Å². The van der Waals surface area contributed by atoms with Gasteiger partial charge in [-0.05, 0) is 88.2 Å². The molecule has 0 saturated carbocycles. The number of hydrogen-bond acceptors (Lipinski definition) is 1. The Kier molecular flexibility index (Phi) is 11.2. The van der Waals surface area contributed by atoms with Crippen molar-refractivity contribution in [1.82, 2.24) is 0 Å². The van der Waals surface area contributed by atoms with Gasteiger partial charge >= 0.3 is 0 Å². The smallest absolute Gasteiger partial charge is 0.179 e. The molecule has 7 rings (SSSR count). The van der Waals surface area contributed by atoms with Gasteiger partial charge in [0.2, 0.25) is 0 Å². The van der Waals surface area contributed by atoms with Crippen LogP contribution < -0.4 is 20.7 Å². The van der Waals surface area contributed by atoms with Crippen molar-refractivity contribution in [2.24, 2.45) is 9.98 Å². The van der Waals surface area contributed by atoms with E-state index in [1.807, 2.05) is 0 Å². The Labute approximate surface area is 322 Å². The van der Waals surface area contributed by atoms with Crippen LogP contribution >= 0.6 is 0 Å². The van der Waals surface area contributed by atoms with Gasteiger partial charge in [-0.25, -0.2) is 9.98 Å². The summed E-state index contributed by atoms with van der Waals surface area (Å²) in [5, 5.41) is 5.24. The molecular weight excluding hydrogens is 669 g/mol. The monoisotopic (exact) mass is 714 g/mol. The summed E-state index contributed by atoms with van der Waals surface area (Å²) >= 11 is 0. The molecule has 0 fully saturated rings. The fourth-order valence-electron chi connectivity index (χ4n) is 7.67. The highest BCUT2D eigenvalue weighted by atomic mass is 28.3. The molecule has 264 valence electrons. The van der Waals surface area contributed by atoms with Gasteiger partial charge in [0.15, 0.2) is 13.9 Å². The highest BCUT2D eigenvalue weighted by Crippen LogP contribution is 2.24. The first kappa shape index (κ1) is 36.2. The van der Waals surface area contributed by atoms with E-state index in [0.29, 0.717) is 11.5 Å². The summed E-state index contributed by atoms with van der Waals surface area (Å²) in [7, 11) is -2.77. The van der Waals surface area contributed by atoms with Crippen LogP contribution in [0, 0.1) is 13.8 Å². The molecule has 0 aromatic heterocycles. The van der Waals surface area contributed by atoms with Crippen LogP contribution in [0.15, 0.2) is 205 Å². The lowest BCUT2D eigenvalue weighted by Gasteiger charge is -2.34. The number of rotatable bonds is 11. The van der Waals surface area contributed by atoms with Gasteiger partial charge in [-0.1, -0.05) is 189 Å².